The summed E-state index contributed by atoms with van der Waals surface area (Å²) in [6.45, 7) is 14.0. The third-order valence-electron chi connectivity index (χ3n) is 4.27. The van der Waals surface area contributed by atoms with Crippen molar-refractivity contribution in [3.63, 3.8) is 0 Å². The molecule has 0 radical (unpaired) electrons. The third-order valence-corrected chi connectivity index (χ3v) is 4.27. The lowest BCUT2D eigenvalue weighted by Gasteiger charge is -2.39. The largest absolute Gasteiger partial charge is 0.0721 e. The van der Waals surface area contributed by atoms with Gasteiger partial charge in [-0.2, -0.15) is 0 Å². The van der Waals surface area contributed by atoms with Crippen LogP contribution >= 0.6 is 0 Å². The molecule has 2 rings (SSSR count). The van der Waals surface area contributed by atoms with E-state index in [1.165, 1.54) is 18.4 Å². The summed E-state index contributed by atoms with van der Waals surface area (Å²) >= 11 is 0. The van der Waals surface area contributed by atoms with Crippen molar-refractivity contribution in [1.29, 1.82) is 0 Å². The van der Waals surface area contributed by atoms with Crippen LogP contribution in [0, 0.1) is 16.7 Å². The summed E-state index contributed by atoms with van der Waals surface area (Å²) in [4.78, 5) is 0. The minimum absolute atomic E-state index is 0.187. The Bertz CT molecular complexity index is 413. The fraction of sp³-hybridized carbons (Fsp3) is 0.647. The zero-order chi connectivity index (χ0) is 12.8. The zero-order valence-electron chi connectivity index (χ0n) is 12.2. The van der Waals surface area contributed by atoms with Crippen LogP contribution in [0.25, 0.3) is 0 Å². The van der Waals surface area contributed by atoms with E-state index in [-0.39, 0.29) is 5.41 Å². The Morgan fingerprint density at radius 2 is 1.76 bits per heavy atom. The Morgan fingerprint density at radius 1 is 1.12 bits per heavy atom. The van der Waals surface area contributed by atoms with Gasteiger partial charge in [-0.3, -0.25) is 0 Å². The summed E-state index contributed by atoms with van der Waals surface area (Å²) in [5.41, 5.74) is 5.12. The average molecular weight is 230 g/mol. The highest BCUT2D eigenvalue weighted by Crippen LogP contribution is 2.49. The summed E-state index contributed by atoms with van der Waals surface area (Å²) in [6.07, 6.45) is 9.96. The molecule has 94 valence electrons. The lowest BCUT2D eigenvalue weighted by Crippen LogP contribution is -2.26. The Hall–Kier alpha value is -0.780. The summed E-state index contributed by atoms with van der Waals surface area (Å²) < 4.78 is 0. The van der Waals surface area contributed by atoms with E-state index in [4.69, 9.17) is 0 Å². The fourth-order valence-electron chi connectivity index (χ4n) is 3.31. The highest BCUT2D eigenvalue weighted by molar-refractivity contribution is 5.47. The van der Waals surface area contributed by atoms with Gasteiger partial charge in [-0.05, 0) is 42.2 Å². The van der Waals surface area contributed by atoms with Crippen molar-refractivity contribution in [3.8, 4) is 0 Å². The molecule has 0 bridgehead atoms. The van der Waals surface area contributed by atoms with Crippen molar-refractivity contribution in [2.45, 2.75) is 54.4 Å². The van der Waals surface area contributed by atoms with E-state index in [1.807, 2.05) is 0 Å². The number of hydrogen-bond donors (Lipinski definition) is 0. The number of rotatable bonds is 0. The molecule has 0 nitrogen and oxygen atoms in total. The van der Waals surface area contributed by atoms with E-state index in [9.17, 15) is 0 Å². The van der Waals surface area contributed by atoms with Crippen molar-refractivity contribution in [1.82, 2.24) is 0 Å². The SMILES string of the molecule is CC1=CC(C)(C)C=C2C(=C1)C(C)CCC2(C)C. The monoisotopic (exact) mass is 230 g/mol. The van der Waals surface area contributed by atoms with Gasteiger partial charge in [-0.15, -0.1) is 0 Å². The fourth-order valence-corrected chi connectivity index (χ4v) is 3.31. The second-order valence-corrected chi connectivity index (χ2v) is 7.19. The van der Waals surface area contributed by atoms with E-state index in [0.29, 0.717) is 11.3 Å². The Kier molecular flexibility index (Phi) is 2.88. The first-order valence-corrected chi connectivity index (χ1v) is 6.86. The third kappa shape index (κ3) is 2.41. The summed E-state index contributed by atoms with van der Waals surface area (Å²) in [6, 6.07) is 0. The molecule has 0 amide bonds. The highest BCUT2D eigenvalue weighted by Gasteiger charge is 2.35. The summed E-state index contributed by atoms with van der Waals surface area (Å²) in [5.74, 6) is 0.714. The first kappa shape index (κ1) is 12.7. The molecular weight excluding hydrogens is 204 g/mol. The van der Waals surface area contributed by atoms with Crippen LogP contribution < -0.4 is 0 Å². The quantitative estimate of drug-likeness (QED) is 0.531. The van der Waals surface area contributed by atoms with Gasteiger partial charge in [0.2, 0.25) is 0 Å². The molecule has 1 fully saturated rings. The lowest BCUT2D eigenvalue weighted by molar-refractivity contribution is 0.327. The molecule has 2 aliphatic carbocycles. The lowest BCUT2D eigenvalue weighted by atomic mass is 9.65. The molecule has 0 aromatic carbocycles. The predicted molar refractivity (Wildman–Crippen MR) is 75.9 cm³/mol. The molecule has 1 unspecified atom stereocenters. The van der Waals surface area contributed by atoms with E-state index in [1.54, 1.807) is 11.1 Å². The standard InChI is InChI=1S/C17H26/c1-12-9-14-13(2)7-8-17(5,6)15(14)11-16(3,4)10-12/h9-11,13H,7-8H2,1-6H3. The van der Waals surface area contributed by atoms with Crippen molar-refractivity contribution < 1.29 is 0 Å². The molecule has 1 atom stereocenters. The molecule has 0 spiro atoms. The second kappa shape index (κ2) is 3.86. The smallest absolute Gasteiger partial charge is 0.00162 e. The van der Waals surface area contributed by atoms with Gasteiger partial charge in [0.05, 0.1) is 0 Å². The van der Waals surface area contributed by atoms with Gasteiger partial charge in [0.1, 0.15) is 0 Å². The first-order chi connectivity index (χ1) is 7.71. The molecule has 0 heterocycles. The molecule has 0 heteroatoms. The van der Waals surface area contributed by atoms with Gasteiger partial charge in [0, 0.05) is 5.41 Å². The first-order valence-electron chi connectivity index (χ1n) is 6.86. The van der Waals surface area contributed by atoms with Crippen LogP contribution in [0.5, 0.6) is 0 Å². The minimum atomic E-state index is 0.187. The van der Waals surface area contributed by atoms with Crippen molar-refractivity contribution in [3.05, 3.63) is 34.9 Å². The average Bonchev–Trinajstić information content (AvgIpc) is 2.28. The van der Waals surface area contributed by atoms with E-state index in [0.717, 1.165) is 0 Å². The van der Waals surface area contributed by atoms with E-state index < -0.39 is 0 Å². The normalized spacial score (nSPS) is 30.7. The second-order valence-electron chi connectivity index (χ2n) is 7.19. The van der Waals surface area contributed by atoms with Gasteiger partial charge < -0.3 is 0 Å². The molecule has 2 aliphatic rings. The topological polar surface area (TPSA) is 0 Å². The van der Waals surface area contributed by atoms with Crippen LogP contribution in [0.3, 0.4) is 0 Å². The molecule has 17 heavy (non-hydrogen) atoms. The number of fused-ring (bicyclic) bond motifs is 1. The van der Waals surface area contributed by atoms with Crippen molar-refractivity contribution in [2.24, 2.45) is 16.7 Å². The van der Waals surface area contributed by atoms with Crippen LogP contribution in [0.1, 0.15) is 54.4 Å². The molecule has 0 aromatic rings. The minimum Gasteiger partial charge on any atom is -0.0721 e. The number of allylic oxidation sites excluding steroid dienone is 6. The summed E-state index contributed by atoms with van der Waals surface area (Å²) in [5, 5.41) is 0. The van der Waals surface area contributed by atoms with Gasteiger partial charge in [-0.1, -0.05) is 58.4 Å². The molecule has 0 saturated heterocycles. The van der Waals surface area contributed by atoms with E-state index in [2.05, 4.69) is 59.8 Å². The van der Waals surface area contributed by atoms with Crippen molar-refractivity contribution in [2.75, 3.05) is 0 Å². The maximum absolute atomic E-state index is 2.50. The molecular formula is C17H26. The van der Waals surface area contributed by atoms with Crippen LogP contribution in [-0.4, -0.2) is 0 Å². The summed E-state index contributed by atoms with van der Waals surface area (Å²) in [7, 11) is 0. The molecule has 0 aromatic heterocycles. The molecule has 1 saturated carbocycles. The van der Waals surface area contributed by atoms with Gasteiger partial charge in [0.15, 0.2) is 0 Å². The van der Waals surface area contributed by atoms with Crippen molar-refractivity contribution >= 4 is 0 Å². The Balaban J connectivity index is 2.57. The Labute approximate surface area is 106 Å². The number of hydrogen-bond acceptors (Lipinski definition) is 0. The van der Waals surface area contributed by atoms with Gasteiger partial charge in [0.25, 0.3) is 0 Å². The maximum Gasteiger partial charge on any atom is 0.00162 e. The molecule has 0 aliphatic heterocycles. The van der Waals surface area contributed by atoms with Crippen LogP contribution in [0.15, 0.2) is 34.9 Å². The van der Waals surface area contributed by atoms with Crippen LogP contribution in [0.4, 0.5) is 0 Å². The maximum atomic E-state index is 2.50. The highest BCUT2D eigenvalue weighted by atomic mass is 14.4. The van der Waals surface area contributed by atoms with E-state index >= 15 is 0 Å². The van der Waals surface area contributed by atoms with Crippen LogP contribution in [-0.2, 0) is 0 Å². The molecule has 0 N–H and O–H groups in total. The predicted octanol–water partition coefficient (Wildman–Crippen LogP) is 5.28. The van der Waals surface area contributed by atoms with Gasteiger partial charge >= 0.3 is 0 Å². The Morgan fingerprint density at radius 3 is 2.41 bits per heavy atom. The van der Waals surface area contributed by atoms with Crippen LogP contribution in [0.2, 0.25) is 0 Å². The zero-order valence-corrected chi connectivity index (χ0v) is 12.2. The van der Waals surface area contributed by atoms with Gasteiger partial charge in [-0.25, -0.2) is 0 Å².